The number of fused-ring (bicyclic) bond motifs is 3. The van der Waals surface area contributed by atoms with Gasteiger partial charge in [-0.2, -0.15) is 0 Å². The van der Waals surface area contributed by atoms with E-state index >= 15 is 0 Å². The number of carboxylic acid groups (broad SMARTS) is 1. The average Bonchev–Trinajstić information content (AvgIpc) is 3.09. The molecule has 0 spiro atoms. The van der Waals surface area contributed by atoms with Crippen molar-refractivity contribution in [1.29, 1.82) is 0 Å². The van der Waals surface area contributed by atoms with Gasteiger partial charge in [0.05, 0.1) is 11.3 Å². The number of rotatable bonds is 7. The van der Waals surface area contributed by atoms with Crippen LogP contribution in [0.15, 0.2) is 48.5 Å². The average molecular weight is 437 g/mol. The molecule has 2 N–H and O–H groups in total. The van der Waals surface area contributed by atoms with Crippen molar-refractivity contribution in [2.24, 2.45) is 11.3 Å². The maximum Gasteiger partial charge on any atom is 0.407 e. The Kier molecular flexibility index (Phi) is 5.91. The molecule has 4 rings (SSSR count). The molecule has 1 aliphatic carbocycles. The van der Waals surface area contributed by atoms with Crippen LogP contribution in [0.2, 0.25) is 0 Å². The van der Waals surface area contributed by atoms with Gasteiger partial charge in [0.1, 0.15) is 6.61 Å². The molecule has 1 unspecified atom stereocenters. The van der Waals surface area contributed by atoms with Crippen molar-refractivity contribution < 1.29 is 24.2 Å². The van der Waals surface area contributed by atoms with Crippen LogP contribution in [-0.4, -0.2) is 54.2 Å². The van der Waals surface area contributed by atoms with Gasteiger partial charge in [0.25, 0.3) is 0 Å². The van der Waals surface area contributed by atoms with Crippen molar-refractivity contribution >= 4 is 18.0 Å². The molecular formula is C25H28N2O5. The molecule has 1 saturated heterocycles. The number of carboxylic acids is 1. The summed E-state index contributed by atoms with van der Waals surface area (Å²) in [6.07, 6.45) is -0.0138. The highest BCUT2D eigenvalue weighted by Gasteiger charge is 2.48. The fourth-order valence-electron chi connectivity index (χ4n) is 4.61. The Morgan fingerprint density at radius 2 is 1.66 bits per heavy atom. The van der Waals surface area contributed by atoms with Gasteiger partial charge >= 0.3 is 12.1 Å². The second-order valence-electron chi connectivity index (χ2n) is 8.87. The second kappa shape index (κ2) is 8.65. The predicted octanol–water partition coefficient (Wildman–Crippen LogP) is 3.48. The molecule has 1 atom stereocenters. The molecular weight excluding hydrogens is 408 g/mol. The lowest BCUT2D eigenvalue weighted by atomic mass is 9.81. The van der Waals surface area contributed by atoms with Crippen LogP contribution in [0.1, 0.15) is 37.3 Å². The predicted molar refractivity (Wildman–Crippen MR) is 119 cm³/mol. The second-order valence-corrected chi connectivity index (χ2v) is 8.87. The van der Waals surface area contributed by atoms with Gasteiger partial charge in [-0.05, 0) is 35.6 Å². The summed E-state index contributed by atoms with van der Waals surface area (Å²) in [6, 6.07) is 16.3. The van der Waals surface area contributed by atoms with E-state index in [0.717, 1.165) is 22.3 Å². The number of aliphatic carboxylic acids is 1. The number of amides is 2. The summed E-state index contributed by atoms with van der Waals surface area (Å²) in [7, 11) is 0. The van der Waals surface area contributed by atoms with E-state index in [1.807, 2.05) is 31.2 Å². The molecule has 0 aromatic heterocycles. The summed E-state index contributed by atoms with van der Waals surface area (Å²) in [5.41, 5.74) is 3.73. The first-order valence-electron chi connectivity index (χ1n) is 10.9. The van der Waals surface area contributed by atoms with E-state index in [1.165, 1.54) is 0 Å². The molecule has 168 valence electrons. The zero-order chi connectivity index (χ0) is 22.9. The first-order valence-corrected chi connectivity index (χ1v) is 10.9. The van der Waals surface area contributed by atoms with E-state index < -0.39 is 23.4 Å². The van der Waals surface area contributed by atoms with Crippen molar-refractivity contribution in [2.45, 2.75) is 26.2 Å². The summed E-state index contributed by atoms with van der Waals surface area (Å²) in [5, 5.41) is 11.9. The maximum atomic E-state index is 12.7. The highest BCUT2D eigenvalue weighted by Crippen LogP contribution is 2.44. The highest BCUT2D eigenvalue weighted by atomic mass is 16.5. The zero-order valence-corrected chi connectivity index (χ0v) is 18.3. The third-order valence-electron chi connectivity index (χ3n) is 6.59. The van der Waals surface area contributed by atoms with Crippen molar-refractivity contribution in [3.8, 4) is 11.1 Å². The van der Waals surface area contributed by atoms with Gasteiger partial charge in [0, 0.05) is 25.6 Å². The van der Waals surface area contributed by atoms with Crippen LogP contribution < -0.4 is 5.32 Å². The Labute approximate surface area is 187 Å². The summed E-state index contributed by atoms with van der Waals surface area (Å²) >= 11 is 0. The first-order chi connectivity index (χ1) is 15.3. The van der Waals surface area contributed by atoms with E-state index in [0.29, 0.717) is 6.42 Å². The molecule has 0 saturated carbocycles. The molecule has 2 amide bonds. The topological polar surface area (TPSA) is 95.9 Å². The Hall–Kier alpha value is -3.35. The highest BCUT2D eigenvalue weighted by molar-refractivity contribution is 5.85. The van der Waals surface area contributed by atoms with Crippen molar-refractivity contribution in [2.75, 3.05) is 26.2 Å². The molecule has 2 aliphatic rings. The lowest BCUT2D eigenvalue weighted by molar-refractivity contribution is -0.165. The molecule has 7 heteroatoms. The number of likely N-dealkylation sites (tertiary alicyclic amines) is 1. The standard InChI is InChI=1S/C25H28N2O5/c1-3-16(22(28)27-14-25(2,15-27)23(29)30)12-26-24(31)32-13-21-19-10-6-4-8-17(19)18-9-5-7-11-20(18)21/h4-11,16,21H,3,12-15H2,1-2H3,(H,26,31)(H,29,30). The third-order valence-corrected chi connectivity index (χ3v) is 6.59. The normalized spacial score (nSPS) is 17.0. The minimum absolute atomic E-state index is 0.0217. The number of hydrogen-bond donors (Lipinski definition) is 2. The van der Waals surface area contributed by atoms with Gasteiger partial charge < -0.3 is 20.1 Å². The fourth-order valence-corrected chi connectivity index (χ4v) is 4.61. The Bertz CT molecular complexity index is 999. The van der Waals surface area contributed by atoms with Crippen molar-refractivity contribution in [3.63, 3.8) is 0 Å². The van der Waals surface area contributed by atoms with Crippen LogP contribution in [0.5, 0.6) is 0 Å². The molecule has 1 aliphatic heterocycles. The van der Waals surface area contributed by atoms with Crippen LogP contribution in [0.25, 0.3) is 11.1 Å². The van der Waals surface area contributed by atoms with E-state index in [4.69, 9.17) is 4.74 Å². The van der Waals surface area contributed by atoms with E-state index in [1.54, 1.807) is 11.8 Å². The monoisotopic (exact) mass is 436 g/mol. The zero-order valence-electron chi connectivity index (χ0n) is 18.3. The Morgan fingerprint density at radius 1 is 1.09 bits per heavy atom. The molecule has 1 heterocycles. The maximum absolute atomic E-state index is 12.7. The van der Waals surface area contributed by atoms with Crippen LogP contribution in [0.3, 0.4) is 0 Å². The molecule has 0 bridgehead atoms. The molecule has 32 heavy (non-hydrogen) atoms. The minimum atomic E-state index is -0.897. The van der Waals surface area contributed by atoms with Crippen molar-refractivity contribution in [1.82, 2.24) is 10.2 Å². The van der Waals surface area contributed by atoms with Crippen molar-refractivity contribution in [3.05, 3.63) is 59.7 Å². The molecule has 1 fully saturated rings. The molecule has 7 nitrogen and oxygen atoms in total. The number of alkyl carbamates (subject to hydrolysis) is 1. The van der Waals surface area contributed by atoms with Gasteiger partial charge in [0.15, 0.2) is 0 Å². The van der Waals surface area contributed by atoms with Gasteiger partial charge in [-0.1, -0.05) is 55.5 Å². The third kappa shape index (κ3) is 3.95. The van der Waals surface area contributed by atoms with E-state index in [-0.39, 0.29) is 38.1 Å². The summed E-state index contributed by atoms with van der Waals surface area (Å²) in [5.74, 6) is -1.46. The fraction of sp³-hybridized carbons (Fsp3) is 0.400. The number of carbonyl (C=O) groups is 3. The number of carbonyl (C=O) groups excluding carboxylic acids is 2. The smallest absolute Gasteiger partial charge is 0.407 e. The molecule has 0 radical (unpaired) electrons. The van der Waals surface area contributed by atoms with Gasteiger partial charge in [-0.15, -0.1) is 0 Å². The number of hydrogen-bond acceptors (Lipinski definition) is 4. The number of benzene rings is 2. The van der Waals surface area contributed by atoms with Gasteiger partial charge in [-0.3, -0.25) is 9.59 Å². The largest absolute Gasteiger partial charge is 0.481 e. The number of nitrogens with zero attached hydrogens (tertiary/aromatic N) is 1. The Morgan fingerprint density at radius 3 is 2.19 bits per heavy atom. The molecule has 2 aromatic carbocycles. The summed E-state index contributed by atoms with van der Waals surface area (Å²) in [4.78, 5) is 37.8. The van der Waals surface area contributed by atoms with Crippen LogP contribution >= 0.6 is 0 Å². The van der Waals surface area contributed by atoms with Gasteiger partial charge in [0.2, 0.25) is 5.91 Å². The van der Waals surface area contributed by atoms with Crippen LogP contribution in [-0.2, 0) is 14.3 Å². The van der Waals surface area contributed by atoms with E-state index in [2.05, 4.69) is 29.6 Å². The van der Waals surface area contributed by atoms with E-state index in [9.17, 15) is 19.5 Å². The summed E-state index contributed by atoms with van der Waals surface area (Å²) < 4.78 is 5.53. The number of nitrogens with one attached hydrogen (secondary N) is 1. The molecule has 2 aromatic rings. The van der Waals surface area contributed by atoms with Crippen LogP contribution in [0.4, 0.5) is 4.79 Å². The number of ether oxygens (including phenoxy) is 1. The quantitative estimate of drug-likeness (QED) is 0.693. The lowest BCUT2D eigenvalue weighted by Crippen LogP contribution is -2.62. The lowest BCUT2D eigenvalue weighted by Gasteiger charge is -2.46. The Balaban J connectivity index is 1.31. The van der Waals surface area contributed by atoms with Gasteiger partial charge in [-0.25, -0.2) is 4.79 Å². The minimum Gasteiger partial charge on any atom is -0.481 e. The summed E-state index contributed by atoms with van der Waals surface area (Å²) in [6.45, 7) is 4.28. The first kappa shape index (κ1) is 21.9. The van der Waals surface area contributed by atoms with Crippen LogP contribution in [0, 0.1) is 11.3 Å². The SMILES string of the molecule is CCC(CNC(=O)OCC1c2ccccc2-c2ccccc21)C(=O)N1CC(C)(C(=O)O)C1.